The SMILES string of the molecule is Cc1cc(CNC2CC2)nc(-c2cccs2)n1. The molecule has 88 valence electrons. The van der Waals surface area contributed by atoms with Crippen molar-refractivity contribution in [1.29, 1.82) is 0 Å². The van der Waals surface area contributed by atoms with E-state index in [0.717, 1.165) is 34.7 Å². The average molecular weight is 245 g/mol. The molecule has 2 heterocycles. The second kappa shape index (κ2) is 4.55. The van der Waals surface area contributed by atoms with Gasteiger partial charge in [0.15, 0.2) is 5.82 Å². The maximum Gasteiger partial charge on any atom is 0.169 e. The molecule has 1 aliphatic carbocycles. The summed E-state index contributed by atoms with van der Waals surface area (Å²) in [5.74, 6) is 0.854. The highest BCUT2D eigenvalue weighted by atomic mass is 32.1. The molecule has 0 aromatic carbocycles. The lowest BCUT2D eigenvalue weighted by molar-refractivity contribution is 0.672. The van der Waals surface area contributed by atoms with E-state index in [2.05, 4.69) is 32.8 Å². The van der Waals surface area contributed by atoms with Crippen LogP contribution >= 0.6 is 11.3 Å². The summed E-state index contributed by atoms with van der Waals surface area (Å²) in [6.45, 7) is 2.88. The van der Waals surface area contributed by atoms with Gasteiger partial charge in [-0.2, -0.15) is 0 Å². The van der Waals surface area contributed by atoms with Crippen molar-refractivity contribution in [3.05, 3.63) is 35.0 Å². The smallest absolute Gasteiger partial charge is 0.169 e. The molecule has 2 aromatic heterocycles. The fourth-order valence-corrected chi connectivity index (χ4v) is 2.43. The van der Waals surface area contributed by atoms with E-state index >= 15 is 0 Å². The van der Waals surface area contributed by atoms with Crippen LogP contribution in [0.2, 0.25) is 0 Å². The fourth-order valence-electron chi connectivity index (χ4n) is 1.78. The Bertz CT molecular complexity index is 503. The second-order valence-electron chi connectivity index (χ2n) is 4.46. The Hall–Kier alpha value is -1.26. The van der Waals surface area contributed by atoms with Gasteiger partial charge in [0, 0.05) is 18.3 Å². The van der Waals surface area contributed by atoms with Gasteiger partial charge in [-0.25, -0.2) is 9.97 Å². The third kappa shape index (κ3) is 2.70. The summed E-state index contributed by atoms with van der Waals surface area (Å²) < 4.78 is 0. The average Bonchev–Trinajstić information content (AvgIpc) is 2.98. The van der Waals surface area contributed by atoms with Crippen LogP contribution in [0.25, 0.3) is 10.7 Å². The molecule has 3 nitrogen and oxygen atoms in total. The molecule has 0 spiro atoms. The minimum atomic E-state index is 0.718. The second-order valence-corrected chi connectivity index (χ2v) is 5.40. The number of nitrogens with one attached hydrogen (secondary N) is 1. The molecule has 1 saturated carbocycles. The van der Waals surface area contributed by atoms with Gasteiger partial charge in [0.2, 0.25) is 0 Å². The number of rotatable bonds is 4. The molecule has 1 aliphatic rings. The summed E-state index contributed by atoms with van der Waals surface area (Å²) in [6.07, 6.45) is 2.61. The van der Waals surface area contributed by atoms with Crippen molar-refractivity contribution in [2.45, 2.75) is 32.4 Å². The van der Waals surface area contributed by atoms with Crippen LogP contribution in [-0.2, 0) is 6.54 Å². The van der Waals surface area contributed by atoms with Gasteiger partial charge >= 0.3 is 0 Å². The first-order chi connectivity index (χ1) is 8.31. The maximum atomic E-state index is 4.61. The largest absolute Gasteiger partial charge is 0.308 e. The molecular formula is C13H15N3S. The molecule has 0 unspecified atom stereocenters. The zero-order valence-corrected chi connectivity index (χ0v) is 10.6. The third-order valence-electron chi connectivity index (χ3n) is 2.80. The van der Waals surface area contributed by atoms with E-state index in [1.165, 1.54) is 12.8 Å². The van der Waals surface area contributed by atoms with Crippen LogP contribution in [0, 0.1) is 6.92 Å². The quantitative estimate of drug-likeness (QED) is 0.900. The van der Waals surface area contributed by atoms with E-state index in [9.17, 15) is 0 Å². The van der Waals surface area contributed by atoms with Crippen LogP contribution in [0.4, 0.5) is 0 Å². The van der Waals surface area contributed by atoms with Crippen molar-refractivity contribution >= 4 is 11.3 Å². The normalized spacial score (nSPS) is 15.1. The standard InChI is InChI=1S/C13H15N3S/c1-9-7-11(8-14-10-4-5-10)16-13(15-9)12-3-2-6-17-12/h2-3,6-7,10,14H,4-5,8H2,1H3. The first-order valence-electron chi connectivity index (χ1n) is 5.93. The molecule has 0 atom stereocenters. The first-order valence-corrected chi connectivity index (χ1v) is 6.81. The Kier molecular flexibility index (Phi) is 2.91. The summed E-state index contributed by atoms with van der Waals surface area (Å²) in [7, 11) is 0. The number of nitrogens with zero attached hydrogens (tertiary/aromatic N) is 2. The number of aromatic nitrogens is 2. The predicted octanol–water partition coefficient (Wildman–Crippen LogP) is 2.77. The van der Waals surface area contributed by atoms with Gasteiger partial charge in [0.25, 0.3) is 0 Å². The van der Waals surface area contributed by atoms with Crippen molar-refractivity contribution in [1.82, 2.24) is 15.3 Å². The minimum absolute atomic E-state index is 0.718. The molecule has 3 rings (SSSR count). The Balaban J connectivity index is 1.83. The monoisotopic (exact) mass is 245 g/mol. The lowest BCUT2D eigenvalue weighted by atomic mass is 10.3. The van der Waals surface area contributed by atoms with Gasteiger partial charge in [0.1, 0.15) is 0 Å². The summed E-state index contributed by atoms with van der Waals surface area (Å²) in [6, 6.07) is 6.88. The Labute approximate surface area is 105 Å². The molecule has 0 radical (unpaired) electrons. The van der Waals surface area contributed by atoms with Gasteiger partial charge < -0.3 is 5.32 Å². The number of hydrogen-bond acceptors (Lipinski definition) is 4. The fraction of sp³-hybridized carbons (Fsp3) is 0.385. The molecule has 0 amide bonds. The summed E-state index contributed by atoms with van der Waals surface area (Å²) >= 11 is 1.68. The summed E-state index contributed by atoms with van der Waals surface area (Å²) in [5, 5.41) is 5.54. The van der Waals surface area contributed by atoms with Gasteiger partial charge in [-0.05, 0) is 37.3 Å². The van der Waals surface area contributed by atoms with Crippen LogP contribution in [-0.4, -0.2) is 16.0 Å². The highest BCUT2D eigenvalue weighted by Gasteiger charge is 2.20. The number of thiophene rings is 1. The van der Waals surface area contributed by atoms with Crippen molar-refractivity contribution in [3.8, 4) is 10.7 Å². The Morgan fingerprint density at radius 2 is 2.29 bits per heavy atom. The van der Waals surface area contributed by atoms with Gasteiger partial charge in [-0.15, -0.1) is 11.3 Å². The van der Waals surface area contributed by atoms with E-state index in [-0.39, 0.29) is 0 Å². The molecule has 1 fully saturated rings. The van der Waals surface area contributed by atoms with Crippen molar-refractivity contribution in [2.24, 2.45) is 0 Å². The summed E-state index contributed by atoms with van der Waals surface area (Å²) in [5.41, 5.74) is 2.13. The van der Waals surface area contributed by atoms with E-state index in [0.29, 0.717) is 0 Å². The highest BCUT2D eigenvalue weighted by molar-refractivity contribution is 7.13. The Morgan fingerprint density at radius 3 is 3.00 bits per heavy atom. The third-order valence-corrected chi connectivity index (χ3v) is 3.66. The minimum Gasteiger partial charge on any atom is -0.308 e. The molecular weight excluding hydrogens is 230 g/mol. The van der Waals surface area contributed by atoms with Gasteiger partial charge in [-0.1, -0.05) is 6.07 Å². The van der Waals surface area contributed by atoms with E-state index in [1.54, 1.807) is 11.3 Å². The van der Waals surface area contributed by atoms with Crippen molar-refractivity contribution in [3.63, 3.8) is 0 Å². The topological polar surface area (TPSA) is 37.8 Å². The van der Waals surface area contributed by atoms with Crippen molar-refractivity contribution in [2.75, 3.05) is 0 Å². The maximum absolute atomic E-state index is 4.61. The highest BCUT2D eigenvalue weighted by Crippen LogP contribution is 2.22. The van der Waals surface area contributed by atoms with Crippen LogP contribution in [0.1, 0.15) is 24.2 Å². The lowest BCUT2D eigenvalue weighted by Gasteiger charge is -2.05. The molecule has 17 heavy (non-hydrogen) atoms. The van der Waals surface area contributed by atoms with Gasteiger partial charge in [-0.3, -0.25) is 0 Å². The van der Waals surface area contributed by atoms with Crippen LogP contribution in [0.15, 0.2) is 23.6 Å². The van der Waals surface area contributed by atoms with Crippen molar-refractivity contribution < 1.29 is 0 Å². The van der Waals surface area contributed by atoms with Crippen LogP contribution < -0.4 is 5.32 Å². The van der Waals surface area contributed by atoms with E-state index in [4.69, 9.17) is 0 Å². The Morgan fingerprint density at radius 1 is 1.41 bits per heavy atom. The zero-order chi connectivity index (χ0) is 11.7. The van der Waals surface area contributed by atoms with Crippen LogP contribution in [0.5, 0.6) is 0 Å². The summed E-state index contributed by atoms with van der Waals surface area (Å²) in [4.78, 5) is 10.2. The first kappa shape index (κ1) is 10.9. The molecule has 4 heteroatoms. The zero-order valence-electron chi connectivity index (χ0n) is 9.81. The molecule has 0 saturated heterocycles. The lowest BCUT2D eigenvalue weighted by Crippen LogP contribution is -2.16. The molecule has 0 aliphatic heterocycles. The number of aryl methyl sites for hydroxylation is 1. The molecule has 0 bridgehead atoms. The number of hydrogen-bond donors (Lipinski definition) is 1. The predicted molar refractivity (Wildman–Crippen MR) is 69.9 cm³/mol. The van der Waals surface area contributed by atoms with E-state index in [1.807, 2.05) is 13.0 Å². The molecule has 2 aromatic rings. The van der Waals surface area contributed by atoms with Gasteiger partial charge in [0.05, 0.1) is 10.6 Å². The van der Waals surface area contributed by atoms with Crippen LogP contribution in [0.3, 0.4) is 0 Å². The molecule has 1 N–H and O–H groups in total. The van der Waals surface area contributed by atoms with E-state index < -0.39 is 0 Å².